The van der Waals surface area contributed by atoms with Crippen molar-refractivity contribution in [2.45, 2.75) is 12.7 Å². The normalized spacial score (nSPS) is 18.6. The molecule has 1 aliphatic heterocycles. The molecule has 116 valence electrons. The molecule has 0 aromatic carbocycles. The Kier molecular flexibility index (Phi) is 5.24. The maximum Gasteiger partial charge on any atom is 0.282 e. The molecule has 1 atom stereocenters. The number of nitrogens with zero attached hydrogens (tertiary/aromatic N) is 4. The summed E-state index contributed by atoms with van der Waals surface area (Å²) in [5, 5.41) is 11.7. The molecule has 0 spiro atoms. The van der Waals surface area contributed by atoms with E-state index in [4.69, 9.17) is 16.8 Å². The van der Waals surface area contributed by atoms with Crippen LogP contribution in [0.5, 0.6) is 0 Å². The average molecular weight is 323 g/mol. The topological polar surface area (TPSA) is 52.0 Å². The second-order valence-corrected chi connectivity index (χ2v) is 4.96. The van der Waals surface area contributed by atoms with Gasteiger partial charge in [-0.15, -0.1) is 0 Å². The van der Waals surface area contributed by atoms with Crippen molar-refractivity contribution in [2.24, 2.45) is 5.16 Å². The highest BCUT2D eigenvalue weighted by atomic mass is 35.5. The number of hydrogen-bond acceptors (Lipinski definition) is 5. The van der Waals surface area contributed by atoms with E-state index in [0.717, 1.165) is 4.90 Å². The molecule has 1 aromatic rings. The van der Waals surface area contributed by atoms with Crippen LogP contribution in [0.25, 0.3) is 0 Å². The summed E-state index contributed by atoms with van der Waals surface area (Å²) < 4.78 is 37.9. The van der Waals surface area contributed by atoms with Gasteiger partial charge in [-0.1, -0.05) is 16.8 Å². The van der Waals surface area contributed by atoms with Crippen LogP contribution in [-0.2, 0) is 0 Å². The molecule has 21 heavy (non-hydrogen) atoms. The third-order valence-corrected chi connectivity index (χ3v) is 3.50. The Bertz CT molecular complexity index is 509. The van der Waals surface area contributed by atoms with Gasteiger partial charge >= 0.3 is 0 Å². The van der Waals surface area contributed by atoms with Crippen molar-refractivity contribution in [1.82, 2.24) is 9.88 Å². The van der Waals surface area contributed by atoms with E-state index in [1.165, 1.54) is 12.4 Å². The number of anilines is 1. The predicted octanol–water partition coefficient (Wildman–Crippen LogP) is 2.23. The third kappa shape index (κ3) is 3.76. The first-order valence-electron chi connectivity index (χ1n) is 6.27. The van der Waals surface area contributed by atoms with Crippen LogP contribution in [0.3, 0.4) is 0 Å². The molecule has 0 radical (unpaired) electrons. The van der Waals surface area contributed by atoms with E-state index >= 15 is 0 Å². The van der Waals surface area contributed by atoms with Gasteiger partial charge in [0.2, 0.25) is 6.30 Å². The summed E-state index contributed by atoms with van der Waals surface area (Å²) in [7, 11) is 0. The fourth-order valence-electron chi connectivity index (χ4n) is 2.16. The van der Waals surface area contributed by atoms with Crippen LogP contribution in [0.1, 0.15) is 5.56 Å². The number of halogens is 4. The number of hydrogen-bond donors (Lipinski definition) is 1. The SMILES string of the molecule is O/N=C/c1cnc(N2CCN(C(F)C(F)F)CC2)c(Cl)c1. The van der Waals surface area contributed by atoms with Crippen LogP contribution in [0.4, 0.5) is 19.0 Å². The molecule has 1 saturated heterocycles. The average Bonchev–Trinajstić information content (AvgIpc) is 2.47. The molecule has 5 nitrogen and oxygen atoms in total. The van der Waals surface area contributed by atoms with Crippen LogP contribution in [-0.4, -0.2) is 60.2 Å². The molecule has 0 aliphatic carbocycles. The molecule has 9 heteroatoms. The Labute approximate surface area is 124 Å². The van der Waals surface area contributed by atoms with Crippen LogP contribution in [0.15, 0.2) is 17.4 Å². The zero-order chi connectivity index (χ0) is 15.4. The lowest BCUT2D eigenvalue weighted by Gasteiger charge is -2.36. The van der Waals surface area contributed by atoms with Gasteiger partial charge in [0.25, 0.3) is 6.43 Å². The minimum Gasteiger partial charge on any atom is -0.411 e. The first kappa shape index (κ1) is 15.8. The van der Waals surface area contributed by atoms with E-state index in [1.807, 2.05) is 0 Å². The summed E-state index contributed by atoms with van der Waals surface area (Å²) in [5.74, 6) is 0.499. The number of alkyl halides is 3. The minimum atomic E-state index is -3.00. The summed E-state index contributed by atoms with van der Waals surface area (Å²) in [4.78, 5) is 7.06. The van der Waals surface area contributed by atoms with Crippen molar-refractivity contribution < 1.29 is 18.4 Å². The van der Waals surface area contributed by atoms with Crippen molar-refractivity contribution >= 4 is 23.6 Å². The molecule has 1 aromatic heterocycles. The first-order valence-corrected chi connectivity index (χ1v) is 6.65. The van der Waals surface area contributed by atoms with Gasteiger partial charge in [0, 0.05) is 37.9 Å². The Morgan fingerprint density at radius 2 is 1.95 bits per heavy atom. The maximum atomic E-state index is 13.2. The van der Waals surface area contributed by atoms with Gasteiger partial charge < -0.3 is 10.1 Å². The molecular formula is C12H14ClF3N4O. The molecule has 1 aliphatic rings. The van der Waals surface area contributed by atoms with Crippen LogP contribution < -0.4 is 4.90 Å². The summed E-state index contributed by atoms with van der Waals surface area (Å²) >= 11 is 6.09. The summed E-state index contributed by atoms with van der Waals surface area (Å²) in [6, 6.07) is 1.58. The highest BCUT2D eigenvalue weighted by Gasteiger charge is 2.30. The van der Waals surface area contributed by atoms with Crippen molar-refractivity contribution in [3.8, 4) is 0 Å². The molecule has 0 bridgehead atoms. The van der Waals surface area contributed by atoms with Crippen molar-refractivity contribution in [1.29, 1.82) is 0 Å². The van der Waals surface area contributed by atoms with Crippen molar-refractivity contribution in [2.75, 3.05) is 31.1 Å². The third-order valence-electron chi connectivity index (χ3n) is 3.22. The monoisotopic (exact) mass is 322 g/mol. The largest absolute Gasteiger partial charge is 0.411 e. The lowest BCUT2D eigenvalue weighted by molar-refractivity contribution is -0.0505. The quantitative estimate of drug-likeness (QED) is 0.400. The Morgan fingerprint density at radius 3 is 2.48 bits per heavy atom. The molecule has 0 amide bonds. The van der Waals surface area contributed by atoms with E-state index < -0.39 is 12.7 Å². The van der Waals surface area contributed by atoms with Gasteiger partial charge in [0.15, 0.2) is 0 Å². The fraction of sp³-hybridized carbons (Fsp3) is 0.500. The minimum absolute atomic E-state index is 0.170. The smallest absolute Gasteiger partial charge is 0.282 e. The van der Waals surface area contributed by atoms with E-state index in [-0.39, 0.29) is 13.1 Å². The highest BCUT2D eigenvalue weighted by molar-refractivity contribution is 6.33. The maximum absolute atomic E-state index is 13.2. The first-order chi connectivity index (χ1) is 10.0. The number of piperazine rings is 1. The molecule has 1 N–H and O–H groups in total. The zero-order valence-corrected chi connectivity index (χ0v) is 11.7. The lowest BCUT2D eigenvalue weighted by atomic mass is 10.2. The highest BCUT2D eigenvalue weighted by Crippen LogP contribution is 2.25. The van der Waals surface area contributed by atoms with Crippen LogP contribution >= 0.6 is 11.6 Å². The lowest BCUT2D eigenvalue weighted by Crippen LogP contribution is -2.51. The predicted molar refractivity (Wildman–Crippen MR) is 73.3 cm³/mol. The van der Waals surface area contributed by atoms with E-state index in [1.54, 1.807) is 11.0 Å². The molecule has 1 unspecified atom stereocenters. The number of pyridine rings is 1. The van der Waals surface area contributed by atoms with Gasteiger partial charge in [-0.25, -0.2) is 18.2 Å². The van der Waals surface area contributed by atoms with Gasteiger partial charge in [0.05, 0.1) is 11.2 Å². The second kappa shape index (κ2) is 6.95. The van der Waals surface area contributed by atoms with Gasteiger partial charge in [-0.2, -0.15) is 0 Å². The van der Waals surface area contributed by atoms with E-state index in [2.05, 4.69) is 10.1 Å². The van der Waals surface area contributed by atoms with E-state index in [9.17, 15) is 13.2 Å². The Hall–Kier alpha value is -1.54. The standard InChI is InChI=1S/C12H14ClF3N4O/c13-9-5-8(7-18-21)6-17-12(9)20-3-1-19(2-4-20)11(16)10(14)15/h5-7,10-11,21H,1-4H2/b18-7+. The van der Waals surface area contributed by atoms with Crippen molar-refractivity contribution in [3.05, 3.63) is 22.8 Å². The number of aromatic nitrogens is 1. The zero-order valence-electron chi connectivity index (χ0n) is 11.0. The Balaban J connectivity index is 2.02. The Morgan fingerprint density at radius 1 is 1.29 bits per heavy atom. The summed E-state index contributed by atoms with van der Waals surface area (Å²) in [6.07, 6.45) is -2.57. The molecule has 2 heterocycles. The van der Waals surface area contributed by atoms with Crippen LogP contribution in [0.2, 0.25) is 5.02 Å². The van der Waals surface area contributed by atoms with Gasteiger partial charge in [-0.05, 0) is 6.07 Å². The number of oxime groups is 1. The molecule has 2 rings (SSSR count). The summed E-state index contributed by atoms with van der Waals surface area (Å²) in [6.45, 7) is 1.05. The molecular weight excluding hydrogens is 309 g/mol. The summed E-state index contributed by atoms with van der Waals surface area (Å²) in [5.41, 5.74) is 0.534. The van der Waals surface area contributed by atoms with E-state index in [0.29, 0.717) is 29.5 Å². The van der Waals surface area contributed by atoms with Crippen LogP contribution in [0, 0.1) is 0 Å². The molecule has 1 fully saturated rings. The van der Waals surface area contributed by atoms with Gasteiger partial charge in [0.1, 0.15) is 5.82 Å². The number of rotatable bonds is 4. The second-order valence-electron chi connectivity index (χ2n) is 4.55. The fourth-order valence-corrected chi connectivity index (χ4v) is 2.45. The van der Waals surface area contributed by atoms with Crippen molar-refractivity contribution in [3.63, 3.8) is 0 Å². The molecule has 0 saturated carbocycles. The van der Waals surface area contributed by atoms with Gasteiger partial charge in [-0.3, -0.25) is 4.90 Å².